The number of hydrogen-bond donors (Lipinski definition) is 1. The lowest BCUT2D eigenvalue weighted by Crippen LogP contribution is -2.40. The fourth-order valence-electron chi connectivity index (χ4n) is 2.77. The molecule has 1 N–H and O–H groups in total. The summed E-state index contributed by atoms with van der Waals surface area (Å²) in [5.41, 5.74) is 0. The minimum Gasteiger partial charge on any atom is -0.368 e. The second-order valence-corrected chi connectivity index (χ2v) is 7.00. The first-order valence-corrected chi connectivity index (χ1v) is 8.21. The van der Waals surface area contributed by atoms with Crippen LogP contribution in [0.5, 0.6) is 0 Å². The smallest absolute Gasteiger partial charge is 0.225 e. The number of nitrogens with zero attached hydrogens (tertiary/aromatic N) is 3. The predicted molar refractivity (Wildman–Crippen MR) is 85.9 cm³/mol. The molecular formula is C14H19ClN4S. The molecule has 1 aliphatic rings. The van der Waals surface area contributed by atoms with Crippen LogP contribution in [0.4, 0.5) is 5.82 Å². The van der Waals surface area contributed by atoms with Gasteiger partial charge in [0.25, 0.3) is 0 Å². The Labute approximate surface area is 128 Å². The van der Waals surface area contributed by atoms with Crippen LogP contribution in [0.25, 0.3) is 10.2 Å². The molecule has 1 atom stereocenters. The van der Waals surface area contributed by atoms with E-state index in [-0.39, 0.29) is 0 Å². The highest BCUT2D eigenvalue weighted by Crippen LogP contribution is 2.29. The highest BCUT2D eigenvalue weighted by molar-refractivity contribution is 7.18. The molecule has 0 radical (unpaired) electrons. The molecule has 1 fully saturated rings. The van der Waals surface area contributed by atoms with Crippen LogP contribution >= 0.6 is 22.9 Å². The molecule has 0 amide bonds. The normalized spacial score (nSPS) is 20.4. The van der Waals surface area contributed by atoms with Crippen molar-refractivity contribution >= 4 is 39.0 Å². The Balaban J connectivity index is 1.79. The zero-order chi connectivity index (χ0) is 14.1. The monoisotopic (exact) mass is 310 g/mol. The number of anilines is 1. The van der Waals surface area contributed by atoms with Crippen molar-refractivity contribution in [2.75, 3.05) is 25.5 Å². The van der Waals surface area contributed by atoms with E-state index >= 15 is 0 Å². The standard InChI is InChI=1S/C14H19ClN4S/c1-9-7-11-12(17-14(15)18-13(11)20-9)16-8-10-5-3-4-6-19(10)2/h7,10H,3-6,8H2,1-2H3,(H,16,17,18). The van der Waals surface area contributed by atoms with Gasteiger partial charge >= 0.3 is 0 Å². The number of piperidine rings is 1. The number of halogens is 1. The van der Waals surface area contributed by atoms with Crippen LogP contribution in [-0.2, 0) is 0 Å². The van der Waals surface area contributed by atoms with Crippen molar-refractivity contribution in [1.82, 2.24) is 14.9 Å². The first-order valence-electron chi connectivity index (χ1n) is 7.01. The van der Waals surface area contributed by atoms with Gasteiger partial charge in [0.1, 0.15) is 10.6 Å². The van der Waals surface area contributed by atoms with Crippen LogP contribution in [0, 0.1) is 6.92 Å². The zero-order valence-corrected chi connectivity index (χ0v) is 13.4. The van der Waals surface area contributed by atoms with Crippen molar-refractivity contribution in [3.05, 3.63) is 16.2 Å². The van der Waals surface area contributed by atoms with E-state index in [9.17, 15) is 0 Å². The molecule has 1 aliphatic heterocycles. The number of likely N-dealkylation sites (N-methyl/N-ethyl adjacent to an activating group) is 1. The van der Waals surface area contributed by atoms with Gasteiger partial charge in [-0.05, 0) is 51.0 Å². The molecule has 0 aromatic carbocycles. The second kappa shape index (κ2) is 5.84. The van der Waals surface area contributed by atoms with Crippen molar-refractivity contribution in [2.45, 2.75) is 32.2 Å². The minimum absolute atomic E-state index is 0.318. The summed E-state index contributed by atoms with van der Waals surface area (Å²) in [6.45, 7) is 4.18. The number of thiophene rings is 1. The first kappa shape index (κ1) is 14.0. The highest BCUT2D eigenvalue weighted by atomic mass is 35.5. The van der Waals surface area contributed by atoms with Crippen LogP contribution in [0.1, 0.15) is 24.1 Å². The van der Waals surface area contributed by atoms with E-state index in [1.54, 1.807) is 11.3 Å². The number of hydrogen-bond acceptors (Lipinski definition) is 5. The molecule has 2 aromatic heterocycles. The van der Waals surface area contributed by atoms with E-state index < -0.39 is 0 Å². The number of rotatable bonds is 3. The summed E-state index contributed by atoms with van der Waals surface area (Å²) in [6.07, 6.45) is 3.86. The van der Waals surface area contributed by atoms with Gasteiger partial charge in [-0.2, -0.15) is 0 Å². The van der Waals surface area contributed by atoms with E-state index in [1.165, 1.54) is 30.7 Å². The Morgan fingerprint density at radius 1 is 1.45 bits per heavy atom. The Morgan fingerprint density at radius 2 is 2.30 bits per heavy atom. The van der Waals surface area contributed by atoms with E-state index in [0.29, 0.717) is 11.3 Å². The van der Waals surface area contributed by atoms with Crippen molar-refractivity contribution in [2.24, 2.45) is 0 Å². The second-order valence-electron chi connectivity index (χ2n) is 5.43. The molecule has 1 saturated heterocycles. The maximum Gasteiger partial charge on any atom is 0.225 e. The predicted octanol–water partition coefficient (Wildman–Crippen LogP) is 3.55. The molecule has 20 heavy (non-hydrogen) atoms. The highest BCUT2D eigenvalue weighted by Gasteiger charge is 2.19. The van der Waals surface area contributed by atoms with Crippen molar-refractivity contribution in [3.8, 4) is 0 Å². The van der Waals surface area contributed by atoms with Gasteiger partial charge in [0.2, 0.25) is 5.28 Å². The molecule has 0 aliphatic carbocycles. The molecule has 2 aromatic rings. The van der Waals surface area contributed by atoms with Gasteiger partial charge < -0.3 is 10.2 Å². The van der Waals surface area contributed by atoms with Crippen LogP contribution in [-0.4, -0.2) is 41.0 Å². The van der Waals surface area contributed by atoms with E-state index in [0.717, 1.165) is 22.6 Å². The van der Waals surface area contributed by atoms with Gasteiger partial charge in [-0.3, -0.25) is 0 Å². The molecular weight excluding hydrogens is 292 g/mol. The Hall–Kier alpha value is -0.910. The van der Waals surface area contributed by atoms with Crippen molar-refractivity contribution < 1.29 is 0 Å². The Bertz CT molecular complexity index is 612. The fraction of sp³-hybridized carbons (Fsp3) is 0.571. The third-order valence-electron chi connectivity index (χ3n) is 3.92. The quantitative estimate of drug-likeness (QED) is 0.880. The maximum absolute atomic E-state index is 6.02. The Morgan fingerprint density at radius 3 is 3.10 bits per heavy atom. The summed E-state index contributed by atoms with van der Waals surface area (Å²) in [6, 6.07) is 2.70. The summed E-state index contributed by atoms with van der Waals surface area (Å²) >= 11 is 7.67. The lowest BCUT2D eigenvalue weighted by atomic mass is 10.0. The zero-order valence-electron chi connectivity index (χ0n) is 11.8. The van der Waals surface area contributed by atoms with Gasteiger partial charge in [-0.15, -0.1) is 11.3 Å². The summed E-state index contributed by atoms with van der Waals surface area (Å²) in [5.74, 6) is 0.864. The summed E-state index contributed by atoms with van der Waals surface area (Å²) in [7, 11) is 2.20. The van der Waals surface area contributed by atoms with Crippen LogP contribution in [0.2, 0.25) is 5.28 Å². The third-order valence-corrected chi connectivity index (χ3v) is 5.03. The van der Waals surface area contributed by atoms with Crippen LogP contribution in [0.15, 0.2) is 6.07 Å². The lowest BCUT2D eigenvalue weighted by molar-refractivity contribution is 0.194. The molecule has 6 heteroatoms. The lowest BCUT2D eigenvalue weighted by Gasteiger charge is -2.32. The van der Waals surface area contributed by atoms with Crippen LogP contribution in [0.3, 0.4) is 0 Å². The topological polar surface area (TPSA) is 41.0 Å². The molecule has 1 unspecified atom stereocenters. The van der Waals surface area contributed by atoms with Crippen molar-refractivity contribution in [1.29, 1.82) is 0 Å². The molecule has 0 bridgehead atoms. The molecule has 4 nitrogen and oxygen atoms in total. The number of nitrogens with one attached hydrogen (secondary N) is 1. The summed E-state index contributed by atoms with van der Waals surface area (Å²) in [4.78, 5) is 13.3. The number of fused-ring (bicyclic) bond motifs is 1. The van der Waals surface area contributed by atoms with E-state index in [1.807, 2.05) is 0 Å². The van der Waals surface area contributed by atoms with Gasteiger partial charge in [0.05, 0.1) is 5.39 Å². The number of aryl methyl sites for hydroxylation is 1. The van der Waals surface area contributed by atoms with Gasteiger partial charge in [0.15, 0.2) is 0 Å². The number of likely N-dealkylation sites (tertiary alicyclic amines) is 1. The minimum atomic E-state index is 0.318. The average Bonchev–Trinajstić information content (AvgIpc) is 2.77. The number of aromatic nitrogens is 2. The fourth-order valence-corrected chi connectivity index (χ4v) is 3.87. The van der Waals surface area contributed by atoms with Gasteiger partial charge in [0, 0.05) is 17.5 Å². The van der Waals surface area contributed by atoms with Gasteiger partial charge in [-0.1, -0.05) is 6.42 Å². The van der Waals surface area contributed by atoms with Gasteiger partial charge in [-0.25, -0.2) is 9.97 Å². The molecule has 3 heterocycles. The van der Waals surface area contributed by atoms with E-state index in [2.05, 4.69) is 40.2 Å². The molecule has 108 valence electrons. The molecule has 3 rings (SSSR count). The summed E-state index contributed by atoms with van der Waals surface area (Å²) < 4.78 is 0. The Kier molecular flexibility index (Phi) is 4.10. The average molecular weight is 311 g/mol. The van der Waals surface area contributed by atoms with E-state index in [4.69, 9.17) is 11.6 Å². The SMILES string of the molecule is Cc1cc2c(NCC3CCCCN3C)nc(Cl)nc2s1. The maximum atomic E-state index is 6.02. The molecule has 0 spiro atoms. The summed E-state index contributed by atoms with van der Waals surface area (Å²) in [5, 5.41) is 4.87. The largest absolute Gasteiger partial charge is 0.368 e. The van der Waals surface area contributed by atoms with Crippen LogP contribution < -0.4 is 5.32 Å². The first-order chi connectivity index (χ1) is 9.63. The van der Waals surface area contributed by atoms with Crippen molar-refractivity contribution in [3.63, 3.8) is 0 Å². The third kappa shape index (κ3) is 2.90. The molecule has 0 saturated carbocycles.